The summed E-state index contributed by atoms with van der Waals surface area (Å²) < 4.78 is 17.8. The molecule has 0 amide bonds. The van der Waals surface area contributed by atoms with E-state index in [9.17, 15) is 9.59 Å². The molecule has 0 radical (unpaired) electrons. The summed E-state index contributed by atoms with van der Waals surface area (Å²) in [5.41, 5.74) is 1.99. The monoisotopic (exact) mass is 499 g/mol. The van der Waals surface area contributed by atoms with E-state index in [1.54, 1.807) is 56.5 Å². The second-order valence-corrected chi connectivity index (χ2v) is 8.70. The molecule has 0 fully saturated rings. The van der Waals surface area contributed by atoms with Gasteiger partial charge in [0.25, 0.3) is 5.56 Å². The summed E-state index contributed by atoms with van der Waals surface area (Å²) in [7, 11) is 1.62. The average Bonchev–Trinajstić information content (AvgIpc) is 3.60. The maximum atomic E-state index is 12.8. The maximum absolute atomic E-state index is 12.8. The number of hydrogen-bond acceptors (Lipinski definition) is 8. The summed E-state index contributed by atoms with van der Waals surface area (Å²) in [6.45, 7) is 2.09. The Balaban J connectivity index is 1.35. The van der Waals surface area contributed by atoms with Gasteiger partial charge >= 0.3 is 5.97 Å². The molecule has 36 heavy (non-hydrogen) atoms. The predicted molar refractivity (Wildman–Crippen MR) is 138 cm³/mol. The smallest absolute Gasteiger partial charge is 0.338 e. The normalized spacial score (nSPS) is 12.0. The number of fused-ring (bicyclic) bond motifs is 1. The zero-order valence-electron chi connectivity index (χ0n) is 19.5. The van der Waals surface area contributed by atoms with Gasteiger partial charge in [-0.2, -0.15) is 9.50 Å². The molecule has 2 aromatic carbocycles. The molecule has 9 heteroatoms. The summed E-state index contributed by atoms with van der Waals surface area (Å²) >= 11 is 1.24. The molecule has 3 heterocycles. The van der Waals surface area contributed by atoms with Crippen molar-refractivity contribution in [3.05, 3.63) is 98.3 Å². The number of rotatable bonds is 7. The molecule has 0 bridgehead atoms. The number of hydrogen-bond donors (Lipinski definition) is 0. The van der Waals surface area contributed by atoms with Gasteiger partial charge in [-0.25, -0.2) is 4.79 Å². The second kappa shape index (κ2) is 10.0. The standard InChI is InChI=1S/C27H21N3O5S/c1-3-34-26(32)19-9-7-18(8-10-19)22-14-13-21(35-22)16-23-25(31)30-27(36-23)28-24(29-30)15-6-17-4-11-20(33-2)12-5-17/h4-16H,3H2,1-2H3/b15-6+,23-16-. The van der Waals surface area contributed by atoms with Crippen LogP contribution in [0.5, 0.6) is 5.75 Å². The Morgan fingerprint density at radius 3 is 2.53 bits per heavy atom. The third-order valence-electron chi connectivity index (χ3n) is 5.32. The van der Waals surface area contributed by atoms with E-state index in [-0.39, 0.29) is 11.5 Å². The van der Waals surface area contributed by atoms with Gasteiger partial charge in [-0.1, -0.05) is 41.7 Å². The molecule has 5 aromatic rings. The fourth-order valence-electron chi connectivity index (χ4n) is 3.51. The van der Waals surface area contributed by atoms with E-state index in [0.29, 0.717) is 39.0 Å². The van der Waals surface area contributed by atoms with Crippen LogP contribution in [0.1, 0.15) is 34.4 Å². The minimum atomic E-state index is -0.365. The molecule has 0 saturated heterocycles. The van der Waals surface area contributed by atoms with Crippen LogP contribution in [0, 0.1) is 0 Å². The molecular weight excluding hydrogens is 478 g/mol. The zero-order valence-corrected chi connectivity index (χ0v) is 20.3. The van der Waals surface area contributed by atoms with E-state index in [4.69, 9.17) is 13.9 Å². The molecule has 180 valence electrons. The molecule has 0 saturated carbocycles. The number of thiazole rings is 1. The highest BCUT2D eigenvalue weighted by molar-refractivity contribution is 7.15. The summed E-state index contributed by atoms with van der Waals surface area (Å²) in [6.07, 6.45) is 5.31. The van der Waals surface area contributed by atoms with Crippen molar-refractivity contribution in [1.29, 1.82) is 0 Å². The van der Waals surface area contributed by atoms with Crippen LogP contribution in [0.2, 0.25) is 0 Å². The lowest BCUT2D eigenvalue weighted by molar-refractivity contribution is 0.0526. The SMILES string of the molecule is CCOC(=O)c1ccc(-c2ccc(/C=c3\sc4nc(/C=C/c5ccc(OC)cc5)nn4c3=O)o2)cc1. The van der Waals surface area contributed by atoms with Gasteiger partial charge in [0.05, 0.1) is 19.3 Å². The van der Waals surface area contributed by atoms with Gasteiger partial charge in [-0.05, 0) is 55.0 Å². The van der Waals surface area contributed by atoms with E-state index < -0.39 is 0 Å². The van der Waals surface area contributed by atoms with Crippen LogP contribution >= 0.6 is 11.3 Å². The van der Waals surface area contributed by atoms with E-state index in [1.807, 2.05) is 36.4 Å². The highest BCUT2D eigenvalue weighted by atomic mass is 32.1. The van der Waals surface area contributed by atoms with Crippen LogP contribution in [0.4, 0.5) is 0 Å². The Morgan fingerprint density at radius 1 is 1.06 bits per heavy atom. The lowest BCUT2D eigenvalue weighted by Gasteiger charge is -2.02. The minimum Gasteiger partial charge on any atom is -0.497 e. The van der Waals surface area contributed by atoms with Gasteiger partial charge in [0.2, 0.25) is 4.96 Å². The number of furan rings is 1. The van der Waals surface area contributed by atoms with Crippen molar-refractivity contribution in [1.82, 2.24) is 14.6 Å². The first-order valence-electron chi connectivity index (χ1n) is 11.1. The molecule has 0 N–H and O–H groups in total. The number of ether oxygens (including phenoxy) is 2. The number of nitrogens with zero attached hydrogens (tertiary/aromatic N) is 3. The molecular formula is C27H21N3O5S. The van der Waals surface area contributed by atoms with E-state index in [2.05, 4.69) is 10.1 Å². The van der Waals surface area contributed by atoms with Gasteiger partial charge in [0.1, 0.15) is 21.8 Å². The van der Waals surface area contributed by atoms with Gasteiger partial charge < -0.3 is 13.9 Å². The predicted octanol–water partition coefficient (Wildman–Crippen LogP) is 4.31. The topological polar surface area (TPSA) is 95.9 Å². The van der Waals surface area contributed by atoms with Crippen molar-refractivity contribution >= 4 is 40.5 Å². The molecule has 5 rings (SSSR count). The molecule has 0 aliphatic heterocycles. The largest absolute Gasteiger partial charge is 0.497 e. The van der Waals surface area contributed by atoms with Crippen molar-refractivity contribution in [2.75, 3.05) is 13.7 Å². The molecule has 0 atom stereocenters. The summed E-state index contributed by atoms with van der Waals surface area (Å²) in [4.78, 5) is 29.6. The van der Waals surface area contributed by atoms with E-state index in [0.717, 1.165) is 16.9 Å². The van der Waals surface area contributed by atoms with Crippen LogP contribution in [0.25, 0.3) is 34.5 Å². The lowest BCUT2D eigenvalue weighted by Crippen LogP contribution is -2.23. The molecule has 0 spiro atoms. The number of methoxy groups -OCH3 is 1. The molecule has 0 aliphatic rings. The quantitative estimate of drug-likeness (QED) is 0.308. The Morgan fingerprint density at radius 2 is 1.83 bits per heavy atom. The maximum Gasteiger partial charge on any atom is 0.338 e. The Kier molecular flexibility index (Phi) is 6.46. The molecule has 0 unspecified atom stereocenters. The molecule has 0 aliphatic carbocycles. The van der Waals surface area contributed by atoms with Gasteiger partial charge in [-0.3, -0.25) is 4.79 Å². The van der Waals surface area contributed by atoms with Crippen molar-refractivity contribution in [2.45, 2.75) is 6.92 Å². The fourth-order valence-corrected chi connectivity index (χ4v) is 4.40. The van der Waals surface area contributed by atoms with Crippen molar-refractivity contribution in [3.8, 4) is 17.1 Å². The van der Waals surface area contributed by atoms with Crippen LogP contribution in [0.15, 0.2) is 69.9 Å². The average molecular weight is 500 g/mol. The lowest BCUT2D eigenvalue weighted by atomic mass is 10.1. The minimum absolute atomic E-state index is 0.261. The fraction of sp³-hybridized carbons (Fsp3) is 0.111. The second-order valence-electron chi connectivity index (χ2n) is 7.69. The van der Waals surface area contributed by atoms with Crippen LogP contribution in [0.3, 0.4) is 0 Å². The van der Waals surface area contributed by atoms with Gasteiger partial charge in [0.15, 0.2) is 5.82 Å². The van der Waals surface area contributed by atoms with E-state index >= 15 is 0 Å². The zero-order chi connectivity index (χ0) is 25.1. The number of carbonyl (C=O) groups is 1. The third-order valence-corrected chi connectivity index (χ3v) is 6.28. The third kappa shape index (κ3) is 4.82. The molecule has 3 aromatic heterocycles. The first-order valence-corrected chi connectivity index (χ1v) is 12.0. The van der Waals surface area contributed by atoms with Gasteiger partial charge in [0, 0.05) is 11.6 Å². The Bertz CT molecular complexity index is 1660. The van der Waals surface area contributed by atoms with Crippen molar-refractivity contribution in [2.24, 2.45) is 0 Å². The van der Waals surface area contributed by atoms with Crippen molar-refractivity contribution < 1.29 is 18.7 Å². The highest BCUT2D eigenvalue weighted by Gasteiger charge is 2.11. The van der Waals surface area contributed by atoms with E-state index in [1.165, 1.54) is 15.9 Å². The summed E-state index contributed by atoms with van der Waals surface area (Å²) in [5, 5.41) is 4.32. The Hall–Kier alpha value is -4.50. The number of esters is 1. The number of carbonyl (C=O) groups excluding carboxylic acids is 1. The summed E-state index contributed by atoms with van der Waals surface area (Å²) in [6, 6.07) is 18.1. The highest BCUT2D eigenvalue weighted by Crippen LogP contribution is 2.23. The van der Waals surface area contributed by atoms with Gasteiger partial charge in [-0.15, -0.1) is 5.10 Å². The van der Waals surface area contributed by atoms with Crippen LogP contribution < -0.4 is 14.8 Å². The Labute approximate surface area is 209 Å². The number of benzene rings is 2. The first kappa shape index (κ1) is 23.3. The van der Waals surface area contributed by atoms with Crippen LogP contribution in [-0.4, -0.2) is 34.3 Å². The molecule has 8 nitrogen and oxygen atoms in total. The van der Waals surface area contributed by atoms with Crippen LogP contribution in [-0.2, 0) is 4.74 Å². The first-order chi connectivity index (χ1) is 17.5. The van der Waals surface area contributed by atoms with Crippen molar-refractivity contribution in [3.63, 3.8) is 0 Å². The number of aromatic nitrogens is 3. The summed E-state index contributed by atoms with van der Waals surface area (Å²) in [5.74, 6) is 2.02.